The van der Waals surface area contributed by atoms with Crippen LogP contribution in [-0.4, -0.2) is 30.1 Å². The summed E-state index contributed by atoms with van der Waals surface area (Å²) in [5.74, 6) is -1.22. The van der Waals surface area contributed by atoms with Gasteiger partial charge in [-0.25, -0.2) is 4.79 Å². The maximum atomic E-state index is 12.2. The van der Waals surface area contributed by atoms with E-state index < -0.39 is 17.9 Å². The van der Waals surface area contributed by atoms with Crippen LogP contribution in [-0.2, 0) is 14.3 Å². The quantitative estimate of drug-likeness (QED) is 0.475. The van der Waals surface area contributed by atoms with Gasteiger partial charge in [-0.1, -0.05) is 32.4 Å². The van der Waals surface area contributed by atoms with Gasteiger partial charge in [0.1, 0.15) is 23.4 Å². The predicted octanol–water partition coefficient (Wildman–Crippen LogP) is 2.00. The summed E-state index contributed by atoms with van der Waals surface area (Å²) in [4.78, 5) is 24.0. The smallest absolute Gasteiger partial charge is 0.328 e. The summed E-state index contributed by atoms with van der Waals surface area (Å²) >= 11 is 0. The molecule has 0 heterocycles. The summed E-state index contributed by atoms with van der Waals surface area (Å²) in [6.45, 7) is 3.71. The van der Waals surface area contributed by atoms with Gasteiger partial charge in [0, 0.05) is 0 Å². The van der Waals surface area contributed by atoms with Gasteiger partial charge in [0.15, 0.2) is 0 Å². The number of benzene rings is 1. The van der Waals surface area contributed by atoms with Crippen LogP contribution in [0.2, 0.25) is 0 Å². The lowest BCUT2D eigenvalue weighted by atomic mass is 9.98. The van der Waals surface area contributed by atoms with Crippen molar-refractivity contribution in [3.63, 3.8) is 0 Å². The Kier molecular flexibility index (Phi) is 6.81. The highest BCUT2D eigenvalue weighted by molar-refractivity contribution is 6.03. The number of carbonyl (C=O) groups excluding carboxylic acids is 2. The van der Waals surface area contributed by atoms with E-state index in [0.717, 1.165) is 0 Å². The number of hydrogen-bond donors (Lipinski definition) is 2. The predicted molar refractivity (Wildman–Crippen MR) is 85.1 cm³/mol. The van der Waals surface area contributed by atoms with Crippen LogP contribution in [0.15, 0.2) is 29.8 Å². The summed E-state index contributed by atoms with van der Waals surface area (Å²) in [5, 5.41) is 21.0. The highest BCUT2D eigenvalue weighted by Gasteiger charge is 2.27. The Hall–Kier alpha value is -2.81. The third kappa shape index (κ3) is 5.15. The Bertz CT molecular complexity index is 629. The molecule has 23 heavy (non-hydrogen) atoms. The number of hydrogen-bond acceptors (Lipinski definition) is 5. The van der Waals surface area contributed by atoms with Crippen molar-refractivity contribution >= 4 is 18.0 Å². The molecular weight excluding hydrogens is 296 g/mol. The lowest BCUT2D eigenvalue weighted by Crippen LogP contribution is -2.46. The molecule has 0 saturated carbocycles. The first-order chi connectivity index (χ1) is 10.9. The molecule has 6 nitrogen and oxygen atoms in total. The van der Waals surface area contributed by atoms with Gasteiger partial charge in [-0.05, 0) is 29.7 Å². The number of ether oxygens (including phenoxy) is 1. The number of esters is 1. The lowest BCUT2D eigenvalue weighted by Gasteiger charge is -2.21. The minimum atomic E-state index is -0.811. The summed E-state index contributed by atoms with van der Waals surface area (Å²) in [7, 11) is 1.25. The Morgan fingerprint density at radius 1 is 1.39 bits per heavy atom. The van der Waals surface area contributed by atoms with Gasteiger partial charge >= 0.3 is 5.97 Å². The summed E-state index contributed by atoms with van der Waals surface area (Å²) < 4.78 is 4.70. The monoisotopic (exact) mass is 316 g/mol. The van der Waals surface area contributed by atoms with Crippen molar-refractivity contribution in [1.82, 2.24) is 5.32 Å². The Labute approximate surface area is 135 Å². The van der Waals surface area contributed by atoms with E-state index in [4.69, 9.17) is 4.74 Å². The van der Waals surface area contributed by atoms with Crippen molar-refractivity contribution < 1.29 is 19.4 Å². The molecule has 122 valence electrons. The number of nitrogens with one attached hydrogen (secondary N) is 1. The van der Waals surface area contributed by atoms with Crippen LogP contribution < -0.4 is 5.32 Å². The zero-order chi connectivity index (χ0) is 17.4. The molecule has 0 aliphatic heterocycles. The van der Waals surface area contributed by atoms with Crippen molar-refractivity contribution in [2.45, 2.75) is 26.3 Å². The molecule has 0 aliphatic carbocycles. The molecule has 6 heteroatoms. The van der Waals surface area contributed by atoms with Crippen LogP contribution >= 0.6 is 0 Å². The van der Waals surface area contributed by atoms with Crippen LogP contribution in [0, 0.1) is 17.2 Å². The molecule has 0 aliphatic rings. The Morgan fingerprint density at radius 2 is 2.00 bits per heavy atom. The molecule has 1 rings (SSSR count). The number of phenols is 1. The number of carbonyl (C=O) groups is 2. The zero-order valence-corrected chi connectivity index (χ0v) is 13.4. The molecule has 1 unspecified atom stereocenters. The summed E-state index contributed by atoms with van der Waals surface area (Å²) in [6, 6.07) is 7.07. The standard InChI is InChI=1S/C17H20N2O4/c1-4-11(2)15(17(22)23-3)19-16(21)13(10-18)9-12-5-7-14(20)8-6-12/h5-9,11,15,20H,4H2,1-3H3,(H,19,21)/b13-9+/t11?,15-/m0/s1. The highest BCUT2D eigenvalue weighted by Crippen LogP contribution is 2.14. The van der Waals surface area contributed by atoms with Crippen LogP contribution in [0.25, 0.3) is 6.08 Å². The first kappa shape index (κ1) is 18.2. The molecule has 1 aromatic carbocycles. The van der Waals surface area contributed by atoms with Crippen molar-refractivity contribution in [2.75, 3.05) is 7.11 Å². The van der Waals surface area contributed by atoms with Gasteiger partial charge in [-0.15, -0.1) is 0 Å². The number of rotatable bonds is 6. The molecule has 0 saturated heterocycles. The van der Waals surface area contributed by atoms with Crippen molar-refractivity contribution in [3.8, 4) is 11.8 Å². The normalized spacial score (nSPS) is 13.6. The number of amides is 1. The molecule has 2 atom stereocenters. The molecule has 0 spiro atoms. The van der Waals surface area contributed by atoms with Crippen LogP contribution in [0.4, 0.5) is 0 Å². The zero-order valence-electron chi connectivity index (χ0n) is 13.4. The van der Waals surface area contributed by atoms with Crippen molar-refractivity contribution in [2.24, 2.45) is 5.92 Å². The second-order valence-electron chi connectivity index (χ2n) is 5.12. The number of nitrogens with zero attached hydrogens (tertiary/aromatic N) is 1. The molecular formula is C17H20N2O4. The number of phenolic OH excluding ortho intramolecular Hbond substituents is 1. The lowest BCUT2D eigenvalue weighted by molar-refractivity contribution is -0.146. The average molecular weight is 316 g/mol. The van der Waals surface area contributed by atoms with E-state index in [-0.39, 0.29) is 17.2 Å². The third-order valence-electron chi connectivity index (χ3n) is 3.52. The fourth-order valence-corrected chi connectivity index (χ4v) is 1.90. The molecule has 0 bridgehead atoms. The number of aromatic hydroxyl groups is 1. The van der Waals surface area contributed by atoms with Crippen molar-refractivity contribution in [1.29, 1.82) is 5.26 Å². The molecule has 2 N–H and O–H groups in total. The number of nitriles is 1. The van der Waals surface area contributed by atoms with E-state index in [1.165, 1.54) is 25.3 Å². The molecule has 1 aromatic rings. The highest BCUT2D eigenvalue weighted by atomic mass is 16.5. The second-order valence-corrected chi connectivity index (χ2v) is 5.12. The summed E-state index contributed by atoms with van der Waals surface area (Å²) in [5.41, 5.74) is 0.459. The maximum absolute atomic E-state index is 12.2. The van der Waals surface area contributed by atoms with E-state index in [0.29, 0.717) is 12.0 Å². The van der Waals surface area contributed by atoms with Crippen LogP contribution in [0.5, 0.6) is 5.75 Å². The molecule has 0 radical (unpaired) electrons. The van der Waals surface area contributed by atoms with Crippen LogP contribution in [0.1, 0.15) is 25.8 Å². The van der Waals surface area contributed by atoms with E-state index >= 15 is 0 Å². The Morgan fingerprint density at radius 3 is 2.48 bits per heavy atom. The van der Waals surface area contributed by atoms with E-state index in [1.54, 1.807) is 12.1 Å². The fraction of sp³-hybridized carbons (Fsp3) is 0.353. The topological polar surface area (TPSA) is 99.4 Å². The first-order valence-corrected chi connectivity index (χ1v) is 7.22. The summed E-state index contributed by atoms with van der Waals surface area (Å²) in [6.07, 6.45) is 2.06. The third-order valence-corrected chi connectivity index (χ3v) is 3.52. The Balaban J connectivity index is 2.97. The largest absolute Gasteiger partial charge is 0.508 e. The van der Waals surface area contributed by atoms with E-state index in [9.17, 15) is 20.0 Å². The van der Waals surface area contributed by atoms with Crippen LogP contribution in [0.3, 0.4) is 0 Å². The first-order valence-electron chi connectivity index (χ1n) is 7.22. The van der Waals surface area contributed by atoms with E-state index in [2.05, 4.69) is 5.32 Å². The second kappa shape index (κ2) is 8.59. The SMILES string of the molecule is CCC(C)[C@H](NC(=O)/C(C#N)=C/c1ccc(O)cc1)C(=O)OC. The fourth-order valence-electron chi connectivity index (χ4n) is 1.90. The minimum Gasteiger partial charge on any atom is -0.508 e. The van der Waals surface area contributed by atoms with Gasteiger partial charge < -0.3 is 15.2 Å². The van der Waals surface area contributed by atoms with Gasteiger partial charge in [0.2, 0.25) is 0 Å². The number of methoxy groups -OCH3 is 1. The molecule has 0 fully saturated rings. The average Bonchev–Trinajstić information content (AvgIpc) is 2.57. The minimum absolute atomic E-state index is 0.0904. The van der Waals surface area contributed by atoms with Gasteiger partial charge in [0.05, 0.1) is 7.11 Å². The van der Waals surface area contributed by atoms with Gasteiger partial charge in [-0.3, -0.25) is 4.79 Å². The maximum Gasteiger partial charge on any atom is 0.328 e. The molecule has 1 amide bonds. The van der Waals surface area contributed by atoms with E-state index in [1.807, 2.05) is 19.9 Å². The van der Waals surface area contributed by atoms with Gasteiger partial charge in [0.25, 0.3) is 5.91 Å². The molecule has 0 aromatic heterocycles. The van der Waals surface area contributed by atoms with Gasteiger partial charge in [-0.2, -0.15) is 5.26 Å². The van der Waals surface area contributed by atoms with Crippen molar-refractivity contribution in [3.05, 3.63) is 35.4 Å².